The molecule has 2 aromatic rings. The van der Waals surface area contributed by atoms with Crippen LogP contribution >= 0.6 is 0 Å². The topological polar surface area (TPSA) is 24.9 Å². The molecular formula is C18H24N2. The molecule has 2 heteroatoms. The molecule has 0 radical (unpaired) electrons. The van der Waals surface area contributed by atoms with Crippen molar-refractivity contribution in [1.82, 2.24) is 4.98 Å². The molecule has 3 rings (SSSR count). The third kappa shape index (κ3) is 2.28. The molecule has 0 saturated heterocycles. The van der Waals surface area contributed by atoms with Crippen molar-refractivity contribution in [2.75, 3.05) is 5.32 Å². The van der Waals surface area contributed by atoms with Gasteiger partial charge in [0, 0.05) is 17.1 Å². The predicted molar refractivity (Wildman–Crippen MR) is 86.4 cm³/mol. The van der Waals surface area contributed by atoms with Gasteiger partial charge in [0.15, 0.2) is 0 Å². The lowest BCUT2D eigenvalue weighted by molar-refractivity contribution is 0.483. The summed E-state index contributed by atoms with van der Waals surface area (Å²) in [4.78, 5) is 4.92. The van der Waals surface area contributed by atoms with E-state index in [0.29, 0.717) is 17.9 Å². The third-order valence-electron chi connectivity index (χ3n) is 4.42. The fourth-order valence-electron chi connectivity index (χ4n) is 3.01. The van der Waals surface area contributed by atoms with Gasteiger partial charge in [0.2, 0.25) is 0 Å². The van der Waals surface area contributed by atoms with Crippen LogP contribution in [0.2, 0.25) is 0 Å². The van der Waals surface area contributed by atoms with Crippen molar-refractivity contribution in [3.8, 4) is 0 Å². The van der Waals surface area contributed by atoms with Gasteiger partial charge in [0.1, 0.15) is 0 Å². The molecule has 1 aliphatic rings. The first kappa shape index (κ1) is 13.4. The number of nitrogens with one attached hydrogen (secondary N) is 1. The molecule has 1 unspecified atom stereocenters. The fraction of sp³-hybridized carbons (Fsp3) is 0.500. The number of nitrogens with zero attached hydrogens (tertiary/aromatic N) is 1. The van der Waals surface area contributed by atoms with Crippen molar-refractivity contribution in [3.63, 3.8) is 0 Å². The molecule has 0 bridgehead atoms. The van der Waals surface area contributed by atoms with E-state index in [9.17, 15) is 0 Å². The lowest BCUT2D eigenvalue weighted by Gasteiger charge is -2.30. The smallest absolute Gasteiger partial charge is 0.0939 e. The Labute approximate surface area is 121 Å². The number of rotatable bonds is 2. The molecule has 1 N–H and O–H groups in total. The van der Waals surface area contributed by atoms with Gasteiger partial charge in [-0.25, -0.2) is 0 Å². The monoisotopic (exact) mass is 268 g/mol. The highest BCUT2D eigenvalue weighted by Crippen LogP contribution is 2.34. The standard InChI is InChI=1S/C18H24N2/c1-11(2)15-9-7-13-5-6-14-8-10-16(12(3)4)20-18(14)17(13)19-15/h5-7,9,11-12,16,20H,8,10H2,1-4H3. The largest absolute Gasteiger partial charge is 0.380 e. The van der Waals surface area contributed by atoms with Crippen LogP contribution in [0.15, 0.2) is 24.3 Å². The lowest BCUT2D eigenvalue weighted by atomic mass is 9.90. The normalized spacial score (nSPS) is 18.4. The van der Waals surface area contributed by atoms with E-state index in [2.05, 4.69) is 57.3 Å². The summed E-state index contributed by atoms with van der Waals surface area (Å²) in [6, 6.07) is 9.40. The molecule has 20 heavy (non-hydrogen) atoms. The molecule has 1 atom stereocenters. The summed E-state index contributed by atoms with van der Waals surface area (Å²) in [6.45, 7) is 8.99. The Hall–Kier alpha value is -1.57. The maximum absolute atomic E-state index is 4.92. The number of pyridine rings is 1. The molecule has 0 amide bonds. The summed E-state index contributed by atoms with van der Waals surface area (Å²) in [6.07, 6.45) is 2.38. The van der Waals surface area contributed by atoms with Gasteiger partial charge in [-0.2, -0.15) is 0 Å². The van der Waals surface area contributed by atoms with E-state index in [1.54, 1.807) is 0 Å². The molecule has 106 valence electrons. The van der Waals surface area contributed by atoms with E-state index in [1.807, 2.05) is 0 Å². The maximum Gasteiger partial charge on any atom is 0.0939 e. The van der Waals surface area contributed by atoms with Gasteiger partial charge in [-0.05, 0) is 36.3 Å². The van der Waals surface area contributed by atoms with Crippen molar-refractivity contribution in [2.24, 2.45) is 5.92 Å². The Kier molecular flexibility index (Phi) is 3.41. The lowest BCUT2D eigenvalue weighted by Crippen LogP contribution is -2.30. The van der Waals surface area contributed by atoms with Crippen molar-refractivity contribution < 1.29 is 0 Å². The molecule has 2 nitrogen and oxygen atoms in total. The average molecular weight is 268 g/mol. The number of hydrogen-bond donors (Lipinski definition) is 1. The molecule has 0 saturated carbocycles. The van der Waals surface area contributed by atoms with E-state index in [-0.39, 0.29) is 0 Å². The highest BCUT2D eigenvalue weighted by molar-refractivity contribution is 5.93. The van der Waals surface area contributed by atoms with Gasteiger partial charge in [0.25, 0.3) is 0 Å². The number of fused-ring (bicyclic) bond motifs is 3. The number of anilines is 1. The Bertz CT molecular complexity index is 629. The van der Waals surface area contributed by atoms with Crippen molar-refractivity contribution in [2.45, 2.75) is 52.5 Å². The number of benzene rings is 1. The summed E-state index contributed by atoms with van der Waals surface area (Å²) < 4.78 is 0. The van der Waals surface area contributed by atoms with Crippen LogP contribution in [0.5, 0.6) is 0 Å². The zero-order valence-electron chi connectivity index (χ0n) is 12.9. The highest BCUT2D eigenvalue weighted by atomic mass is 15.0. The molecule has 1 aromatic heterocycles. The Morgan fingerprint density at radius 1 is 1.10 bits per heavy atom. The van der Waals surface area contributed by atoms with Crippen molar-refractivity contribution in [3.05, 3.63) is 35.5 Å². The van der Waals surface area contributed by atoms with E-state index >= 15 is 0 Å². The van der Waals surface area contributed by atoms with Crippen LogP contribution in [-0.4, -0.2) is 11.0 Å². The predicted octanol–water partition coefficient (Wildman–Crippen LogP) is 4.74. The Balaban J connectivity index is 2.13. The van der Waals surface area contributed by atoms with E-state index < -0.39 is 0 Å². The number of aryl methyl sites for hydroxylation is 1. The second-order valence-electron chi connectivity index (χ2n) is 6.60. The highest BCUT2D eigenvalue weighted by Gasteiger charge is 2.22. The molecule has 0 fully saturated rings. The van der Waals surface area contributed by atoms with Crippen LogP contribution in [0.1, 0.15) is 51.3 Å². The second-order valence-corrected chi connectivity index (χ2v) is 6.60. The molecular weight excluding hydrogens is 244 g/mol. The minimum absolute atomic E-state index is 0.472. The molecule has 0 aliphatic carbocycles. The number of aromatic nitrogens is 1. The van der Waals surface area contributed by atoms with E-state index in [1.165, 1.54) is 28.8 Å². The average Bonchev–Trinajstić information content (AvgIpc) is 2.45. The molecule has 1 aliphatic heterocycles. The van der Waals surface area contributed by atoms with Crippen LogP contribution in [0.3, 0.4) is 0 Å². The van der Waals surface area contributed by atoms with Crippen LogP contribution in [0, 0.1) is 5.92 Å². The zero-order valence-corrected chi connectivity index (χ0v) is 12.9. The SMILES string of the molecule is CC(C)c1ccc2ccc3c(c2n1)NC(C(C)C)CC3. The molecule has 1 aromatic carbocycles. The summed E-state index contributed by atoms with van der Waals surface area (Å²) in [5.74, 6) is 1.13. The summed E-state index contributed by atoms with van der Waals surface area (Å²) in [7, 11) is 0. The van der Waals surface area contributed by atoms with Gasteiger partial charge < -0.3 is 5.32 Å². The number of hydrogen-bond acceptors (Lipinski definition) is 2. The van der Waals surface area contributed by atoms with Crippen LogP contribution in [0.25, 0.3) is 10.9 Å². The van der Waals surface area contributed by atoms with Gasteiger partial charge in [-0.1, -0.05) is 45.9 Å². The van der Waals surface area contributed by atoms with Gasteiger partial charge in [0.05, 0.1) is 11.2 Å². The summed E-state index contributed by atoms with van der Waals surface area (Å²) >= 11 is 0. The van der Waals surface area contributed by atoms with E-state index in [0.717, 1.165) is 11.9 Å². The Morgan fingerprint density at radius 2 is 1.85 bits per heavy atom. The van der Waals surface area contributed by atoms with Crippen molar-refractivity contribution >= 4 is 16.6 Å². The van der Waals surface area contributed by atoms with Crippen LogP contribution in [-0.2, 0) is 6.42 Å². The van der Waals surface area contributed by atoms with Gasteiger partial charge in [-0.15, -0.1) is 0 Å². The van der Waals surface area contributed by atoms with Gasteiger partial charge >= 0.3 is 0 Å². The zero-order chi connectivity index (χ0) is 14.3. The van der Waals surface area contributed by atoms with Crippen LogP contribution < -0.4 is 5.32 Å². The quantitative estimate of drug-likeness (QED) is 0.851. The minimum Gasteiger partial charge on any atom is -0.380 e. The minimum atomic E-state index is 0.472. The maximum atomic E-state index is 4.92. The van der Waals surface area contributed by atoms with Crippen LogP contribution in [0.4, 0.5) is 5.69 Å². The van der Waals surface area contributed by atoms with Crippen molar-refractivity contribution in [1.29, 1.82) is 0 Å². The third-order valence-corrected chi connectivity index (χ3v) is 4.42. The summed E-state index contributed by atoms with van der Waals surface area (Å²) in [5.41, 5.74) is 5.02. The fourth-order valence-corrected chi connectivity index (χ4v) is 3.01. The second kappa shape index (κ2) is 5.08. The molecule has 0 spiro atoms. The first-order valence-electron chi connectivity index (χ1n) is 7.75. The first-order valence-corrected chi connectivity index (χ1v) is 7.75. The van der Waals surface area contributed by atoms with Gasteiger partial charge in [-0.3, -0.25) is 4.98 Å². The van der Waals surface area contributed by atoms with E-state index in [4.69, 9.17) is 4.98 Å². The summed E-state index contributed by atoms with van der Waals surface area (Å²) in [5, 5.41) is 4.98. The molecule has 2 heterocycles. The first-order chi connectivity index (χ1) is 9.56. The Morgan fingerprint density at radius 3 is 2.55 bits per heavy atom.